The Bertz CT molecular complexity index is 932. The highest BCUT2D eigenvalue weighted by atomic mass is 127. The zero-order valence-electron chi connectivity index (χ0n) is 11.2. The molecule has 0 spiro atoms. The number of carbonyl (C=O) groups is 1. The third-order valence-corrected chi connectivity index (χ3v) is 5.17. The van der Waals surface area contributed by atoms with Crippen molar-refractivity contribution in [3.63, 3.8) is 0 Å². The molecule has 0 bridgehead atoms. The second-order valence-electron chi connectivity index (χ2n) is 4.51. The zero-order chi connectivity index (χ0) is 15.1. The minimum Gasteiger partial charge on any atom is -0.465 e. The first-order valence-corrected chi connectivity index (χ1v) is 10.1. The largest absolute Gasteiger partial charge is 0.465 e. The molecule has 1 aromatic carbocycles. The molecular formula is C13H11IN3O3P. The number of hydrogen-bond donors (Lipinski definition) is 1. The van der Waals surface area contributed by atoms with E-state index in [0.717, 1.165) is 10.9 Å². The number of aryl methyl sites for hydroxylation is 1. The van der Waals surface area contributed by atoms with Crippen molar-refractivity contribution in [2.45, 2.75) is 6.92 Å². The second kappa shape index (κ2) is 5.38. The predicted molar refractivity (Wildman–Crippen MR) is 91.7 cm³/mol. The molecule has 0 saturated carbocycles. The number of aromatic nitrogens is 3. The lowest BCUT2D eigenvalue weighted by Gasteiger charge is -2.05. The van der Waals surface area contributed by atoms with Gasteiger partial charge in [0.25, 0.3) is 5.56 Å². The molecule has 1 N–H and O–H groups in total. The summed E-state index contributed by atoms with van der Waals surface area (Å²) in [7, 11) is 1.34. The number of carbonyl (C=O) groups excluding carboxylic acids is 1. The summed E-state index contributed by atoms with van der Waals surface area (Å²) in [6.07, 6.45) is 0.362. The van der Waals surface area contributed by atoms with Crippen molar-refractivity contribution in [1.29, 1.82) is 0 Å². The van der Waals surface area contributed by atoms with Gasteiger partial charge in [0.05, 0.1) is 41.2 Å². The van der Waals surface area contributed by atoms with E-state index >= 15 is 0 Å². The lowest BCUT2D eigenvalue weighted by Crippen LogP contribution is -2.08. The van der Waals surface area contributed by atoms with Crippen LogP contribution in [0.1, 0.15) is 16.1 Å². The van der Waals surface area contributed by atoms with Crippen molar-refractivity contribution in [3.8, 4) is 0 Å². The maximum absolute atomic E-state index is 12.2. The molecule has 0 saturated heterocycles. The van der Waals surface area contributed by atoms with E-state index in [1.165, 1.54) is 7.11 Å². The minimum atomic E-state index is -0.407. The van der Waals surface area contributed by atoms with E-state index in [4.69, 9.17) is 4.74 Å². The van der Waals surface area contributed by atoms with Gasteiger partial charge in [-0.1, -0.05) is 0 Å². The first-order valence-electron chi connectivity index (χ1n) is 6.07. The average molecular weight is 415 g/mol. The molecule has 3 aromatic rings. The van der Waals surface area contributed by atoms with Gasteiger partial charge in [0.1, 0.15) is 0 Å². The molecule has 1 unspecified atom stereocenters. The monoisotopic (exact) mass is 415 g/mol. The van der Waals surface area contributed by atoms with Gasteiger partial charge in [-0.3, -0.25) is 4.79 Å². The number of methoxy groups -OCH3 is 1. The Labute approximate surface area is 134 Å². The molecule has 6 nitrogen and oxygen atoms in total. The number of halogens is 1. The minimum absolute atomic E-state index is 0.165. The van der Waals surface area contributed by atoms with Crippen LogP contribution >= 0.6 is 28.4 Å². The molecular weight excluding hydrogens is 404 g/mol. The topological polar surface area (TPSA) is 77.0 Å². The Morgan fingerprint density at radius 1 is 1.48 bits per heavy atom. The lowest BCUT2D eigenvalue weighted by atomic mass is 10.1. The fourth-order valence-corrected chi connectivity index (χ4v) is 3.94. The van der Waals surface area contributed by atoms with Gasteiger partial charge in [0.2, 0.25) is 0 Å². The molecule has 0 aliphatic carbocycles. The SMILES string of the molecule is COC(=O)c1ccc2[nH]c(=O)c3c(C)nn(PI)c3c2c1. The number of aromatic amines is 1. The van der Waals surface area contributed by atoms with Crippen LogP contribution in [-0.2, 0) is 4.74 Å². The number of ether oxygens (including phenoxy) is 1. The fourth-order valence-electron chi connectivity index (χ4n) is 2.39. The third-order valence-electron chi connectivity index (χ3n) is 3.31. The molecule has 8 heteroatoms. The highest BCUT2D eigenvalue weighted by Crippen LogP contribution is 2.32. The van der Waals surface area contributed by atoms with Gasteiger partial charge in [-0.25, -0.2) is 9.25 Å². The van der Waals surface area contributed by atoms with Crippen LogP contribution < -0.4 is 5.56 Å². The van der Waals surface area contributed by atoms with Gasteiger partial charge in [0, 0.05) is 5.39 Å². The molecule has 0 fully saturated rings. The summed E-state index contributed by atoms with van der Waals surface area (Å²) in [5.74, 6) is -0.407. The standard InChI is InChI=1S/C13H11IN3O3P/c1-6-10-11(17(16-6)21-14)8-5-7(13(19)20-2)3-4-9(8)15-12(10)18/h3-5,21H,1-2H3,(H,15,18). The van der Waals surface area contributed by atoms with E-state index in [2.05, 4.69) is 32.1 Å². The fraction of sp³-hybridized carbons (Fsp3) is 0.154. The summed E-state index contributed by atoms with van der Waals surface area (Å²) in [6.45, 7) is 1.81. The molecule has 21 heavy (non-hydrogen) atoms. The number of hydrogen-bond acceptors (Lipinski definition) is 4. The highest BCUT2D eigenvalue weighted by Gasteiger charge is 2.16. The van der Waals surface area contributed by atoms with Gasteiger partial charge >= 0.3 is 5.97 Å². The molecule has 1 atom stereocenters. The van der Waals surface area contributed by atoms with Gasteiger partial charge in [-0.15, -0.1) is 0 Å². The Hall–Kier alpha value is -1.47. The van der Waals surface area contributed by atoms with Crippen LogP contribution in [0.2, 0.25) is 0 Å². The first-order chi connectivity index (χ1) is 10.1. The van der Waals surface area contributed by atoms with E-state index in [1.54, 1.807) is 29.6 Å². The number of nitrogens with zero attached hydrogens (tertiary/aromatic N) is 2. The third kappa shape index (κ3) is 2.24. The molecule has 0 amide bonds. The lowest BCUT2D eigenvalue weighted by molar-refractivity contribution is 0.0601. The number of rotatable bonds is 2. The molecule has 2 heterocycles. The molecule has 108 valence electrons. The van der Waals surface area contributed by atoms with E-state index in [0.29, 0.717) is 28.5 Å². The van der Waals surface area contributed by atoms with E-state index in [1.807, 2.05) is 0 Å². The Balaban J connectivity index is 2.49. The van der Waals surface area contributed by atoms with Crippen LogP contribution in [0.15, 0.2) is 23.0 Å². The second-order valence-corrected chi connectivity index (χ2v) is 6.55. The summed E-state index contributed by atoms with van der Waals surface area (Å²) in [5.41, 5.74) is 2.39. The van der Waals surface area contributed by atoms with Crippen molar-refractivity contribution >= 4 is 56.2 Å². The highest BCUT2D eigenvalue weighted by molar-refractivity contribution is 14.2. The first kappa shape index (κ1) is 14.5. The zero-order valence-corrected chi connectivity index (χ0v) is 14.4. The summed E-state index contributed by atoms with van der Waals surface area (Å²) in [4.78, 5) is 26.8. The quantitative estimate of drug-likeness (QED) is 0.397. The van der Waals surface area contributed by atoms with E-state index < -0.39 is 5.97 Å². The number of fused-ring (bicyclic) bond motifs is 3. The summed E-state index contributed by atoms with van der Waals surface area (Å²) >= 11 is 2.21. The maximum Gasteiger partial charge on any atom is 0.337 e. The van der Waals surface area contributed by atoms with Crippen molar-refractivity contribution < 1.29 is 9.53 Å². The van der Waals surface area contributed by atoms with Crippen molar-refractivity contribution in [1.82, 2.24) is 14.5 Å². The smallest absolute Gasteiger partial charge is 0.337 e. The van der Waals surface area contributed by atoms with Crippen LogP contribution in [0.5, 0.6) is 0 Å². The normalized spacial score (nSPS) is 11.8. The van der Waals surface area contributed by atoms with Crippen molar-refractivity contribution in [3.05, 3.63) is 39.8 Å². The van der Waals surface area contributed by atoms with Crippen molar-refractivity contribution in [2.24, 2.45) is 0 Å². The molecule has 3 rings (SSSR count). The van der Waals surface area contributed by atoms with Crippen LogP contribution in [0.3, 0.4) is 0 Å². The summed E-state index contributed by atoms with van der Waals surface area (Å²) in [6, 6.07) is 5.08. The number of H-pyrrole nitrogens is 1. The van der Waals surface area contributed by atoms with Crippen LogP contribution in [0, 0.1) is 6.92 Å². The van der Waals surface area contributed by atoms with E-state index in [9.17, 15) is 9.59 Å². The summed E-state index contributed by atoms with van der Waals surface area (Å²) in [5, 5.41) is 5.75. The number of nitrogens with one attached hydrogen (secondary N) is 1. The summed E-state index contributed by atoms with van der Waals surface area (Å²) < 4.78 is 6.55. The Kier molecular flexibility index (Phi) is 3.71. The van der Waals surface area contributed by atoms with Gasteiger partial charge in [-0.05, 0) is 47.2 Å². The maximum atomic E-state index is 12.2. The number of pyridine rings is 1. The van der Waals surface area contributed by atoms with Crippen LogP contribution in [0.25, 0.3) is 21.8 Å². The predicted octanol–water partition coefficient (Wildman–Crippen LogP) is 2.76. The number of esters is 1. The van der Waals surface area contributed by atoms with Crippen molar-refractivity contribution in [2.75, 3.05) is 7.11 Å². The van der Waals surface area contributed by atoms with Gasteiger partial charge in [0.15, 0.2) is 0 Å². The van der Waals surface area contributed by atoms with E-state index in [-0.39, 0.29) is 5.56 Å². The Morgan fingerprint density at radius 2 is 2.24 bits per heavy atom. The molecule has 0 radical (unpaired) electrons. The Morgan fingerprint density at radius 3 is 2.90 bits per heavy atom. The van der Waals surface area contributed by atoms with Crippen LogP contribution in [0.4, 0.5) is 0 Å². The average Bonchev–Trinajstić information content (AvgIpc) is 2.84. The molecule has 2 aromatic heterocycles. The van der Waals surface area contributed by atoms with Gasteiger partial charge < -0.3 is 9.72 Å². The number of benzene rings is 1. The van der Waals surface area contributed by atoms with Crippen LogP contribution in [-0.4, -0.2) is 27.6 Å². The molecule has 0 aliphatic heterocycles. The van der Waals surface area contributed by atoms with Gasteiger partial charge in [-0.2, -0.15) is 5.10 Å². The molecule has 0 aliphatic rings.